The SMILES string of the molecule is CCc1c(C(C)NC2CCCNC2=O)oc2ccccc12. The Morgan fingerprint density at radius 2 is 2.24 bits per heavy atom. The summed E-state index contributed by atoms with van der Waals surface area (Å²) in [7, 11) is 0. The lowest BCUT2D eigenvalue weighted by atomic mass is 10.0. The second kappa shape index (κ2) is 5.90. The van der Waals surface area contributed by atoms with E-state index < -0.39 is 0 Å². The highest BCUT2D eigenvalue weighted by Gasteiger charge is 2.26. The molecule has 2 unspecified atom stereocenters. The summed E-state index contributed by atoms with van der Waals surface area (Å²) in [5.41, 5.74) is 2.16. The van der Waals surface area contributed by atoms with Crippen molar-refractivity contribution in [2.45, 2.75) is 45.2 Å². The first-order valence-corrected chi connectivity index (χ1v) is 7.74. The van der Waals surface area contributed by atoms with Crippen LogP contribution in [0, 0.1) is 0 Å². The minimum Gasteiger partial charge on any atom is -0.459 e. The number of piperidine rings is 1. The van der Waals surface area contributed by atoms with Crippen molar-refractivity contribution in [3.8, 4) is 0 Å². The van der Waals surface area contributed by atoms with Crippen LogP contribution in [-0.2, 0) is 11.2 Å². The van der Waals surface area contributed by atoms with Crippen molar-refractivity contribution >= 4 is 16.9 Å². The molecule has 21 heavy (non-hydrogen) atoms. The summed E-state index contributed by atoms with van der Waals surface area (Å²) in [5.74, 6) is 1.05. The summed E-state index contributed by atoms with van der Waals surface area (Å²) in [5, 5.41) is 7.50. The molecule has 1 aliphatic heterocycles. The van der Waals surface area contributed by atoms with Crippen molar-refractivity contribution in [2.24, 2.45) is 0 Å². The zero-order valence-corrected chi connectivity index (χ0v) is 12.6. The van der Waals surface area contributed by atoms with Crippen LogP contribution >= 0.6 is 0 Å². The molecule has 1 aromatic carbocycles. The number of carbonyl (C=O) groups is 1. The van der Waals surface area contributed by atoms with E-state index in [2.05, 4.69) is 30.5 Å². The molecule has 4 nitrogen and oxygen atoms in total. The van der Waals surface area contributed by atoms with Gasteiger partial charge in [-0.3, -0.25) is 10.1 Å². The Labute approximate surface area is 124 Å². The third-order valence-corrected chi connectivity index (χ3v) is 4.21. The number of carbonyl (C=O) groups excluding carboxylic acids is 1. The van der Waals surface area contributed by atoms with Crippen LogP contribution < -0.4 is 10.6 Å². The lowest BCUT2D eigenvalue weighted by Crippen LogP contribution is -2.48. The maximum Gasteiger partial charge on any atom is 0.237 e. The molecule has 2 heterocycles. The summed E-state index contributed by atoms with van der Waals surface area (Å²) in [6, 6.07) is 8.03. The van der Waals surface area contributed by atoms with Crippen molar-refractivity contribution in [2.75, 3.05) is 6.54 Å². The Morgan fingerprint density at radius 3 is 3.00 bits per heavy atom. The minimum absolute atomic E-state index is 0.0289. The van der Waals surface area contributed by atoms with Gasteiger partial charge >= 0.3 is 0 Å². The number of hydrogen-bond acceptors (Lipinski definition) is 3. The fourth-order valence-corrected chi connectivity index (χ4v) is 3.14. The standard InChI is InChI=1S/C17H22N2O2/c1-3-12-13-7-4-5-9-15(13)21-16(12)11(2)19-14-8-6-10-18-17(14)20/h4-5,7,9,11,14,19H,3,6,8,10H2,1-2H3,(H,18,20). The average molecular weight is 286 g/mol. The maximum atomic E-state index is 11.9. The van der Waals surface area contributed by atoms with Gasteiger partial charge in [0.2, 0.25) is 5.91 Å². The molecule has 2 N–H and O–H groups in total. The number of para-hydroxylation sites is 1. The predicted molar refractivity (Wildman–Crippen MR) is 83.2 cm³/mol. The largest absolute Gasteiger partial charge is 0.459 e. The third kappa shape index (κ3) is 2.68. The van der Waals surface area contributed by atoms with Crippen molar-refractivity contribution < 1.29 is 9.21 Å². The van der Waals surface area contributed by atoms with Gasteiger partial charge in [-0.25, -0.2) is 0 Å². The molecule has 0 spiro atoms. The van der Waals surface area contributed by atoms with Gasteiger partial charge in [0, 0.05) is 17.5 Å². The van der Waals surface area contributed by atoms with E-state index in [4.69, 9.17) is 4.42 Å². The van der Waals surface area contributed by atoms with E-state index in [9.17, 15) is 4.79 Å². The van der Waals surface area contributed by atoms with Crippen LogP contribution in [-0.4, -0.2) is 18.5 Å². The first-order valence-electron chi connectivity index (χ1n) is 7.74. The van der Waals surface area contributed by atoms with Gasteiger partial charge in [0.25, 0.3) is 0 Å². The molecular weight excluding hydrogens is 264 g/mol. The fourth-order valence-electron chi connectivity index (χ4n) is 3.14. The Bertz CT molecular complexity index is 647. The van der Waals surface area contributed by atoms with Crippen LogP contribution in [0.4, 0.5) is 0 Å². The third-order valence-electron chi connectivity index (χ3n) is 4.21. The van der Waals surface area contributed by atoms with E-state index in [1.807, 2.05) is 18.2 Å². The van der Waals surface area contributed by atoms with Crippen LogP contribution in [0.25, 0.3) is 11.0 Å². The zero-order chi connectivity index (χ0) is 14.8. The molecule has 1 aliphatic rings. The number of benzene rings is 1. The summed E-state index contributed by atoms with van der Waals surface area (Å²) in [6.45, 7) is 5.00. The molecule has 1 aromatic heterocycles. The van der Waals surface area contributed by atoms with Crippen molar-refractivity contribution in [1.82, 2.24) is 10.6 Å². The summed E-state index contributed by atoms with van der Waals surface area (Å²) >= 11 is 0. The summed E-state index contributed by atoms with van der Waals surface area (Å²) in [4.78, 5) is 11.9. The molecule has 3 rings (SSSR count). The van der Waals surface area contributed by atoms with Gasteiger partial charge in [-0.2, -0.15) is 0 Å². The Balaban J connectivity index is 1.87. The van der Waals surface area contributed by atoms with E-state index in [-0.39, 0.29) is 18.0 Å². The molecule has 112 valence electrons. The highest BCUT2D eigenvalue weighted by Crippen LogP contribution is 2.30. The summed E-state index contributed by atoms with van der Waals surface area (Å²) < 4.78 is 6.03. The number of nitrogens with one attached hydrogen (secondary N) is 2. The molecular formula is C17H22N2O2. The molecule has 4 heteroatoms. The second-order valence-electron chi connectivity index (χ2n) is 5.67. The topological polar surface area (TPSA) is 54.3 Å². The zero-order valence-electron chi connectivity index (χ0n) is 12.6. The first kappa shape index (κ1) is 14.1. The van der Waals surface area contributed by atoms with Crippen molar-refractivity contribution in [1.29, 1.82) is 0 Å². The molecule has 1 fully saturated rings. The van der Waals surface area contributed by atoms with Gasteiger partial charge in [-0.1, -0.05) is 25.1 Å². The number of amides is 1. The lowest BCUT2D eigenvalue weighted by molar-refractivity contribution is -0.124. The molecule has 0 aliphatic carbocycles. The van der Waals surface area contributed by atoms with Gasteiger partial charge in [-0.15, -0.1) is 0 Å². The van der Waals surface area contributed by atoms with Crippen LogP contribution in [0.15, 0.2) is 28.7 Å². The summed E-state index contributed by atoms with van der Waals surface area (Å²) in [6.07, 6.45) is 2.84. The van der Waals surface area contributed by atoms with Gasteiger partial charge in [0.1, 0.15) is 11.3 Å². The van der Waals surface area contributed by atoms with Gasteiger partial charge in [-0.05, 0) is 32.3 Å². The van der Waals surface area contributed by atoms with Gasteiger partial charge in [0.15, 0.2) is 0 Å². The molecule has 2 aromatic rings. The first-order chi connectivity index (χ1) is 10.2. The molecule has 0 bridgehead atoms. The normalized spacial score (nSPS) is 20.5. The molecule has 0 radical (unpaired) electrons. The minimum atomic E-state index is -0.119. The van der Waals surface area contributed by atoms with E-state index in [0.717, 1.165) is 37.2 Å². The molecule has 2 atom stereocenters. The van der Waals surface area contributed by atoms with Crippen LogP contribution in [0.5, 0.6) is 0 Å². The van der Waals surface area contributed by atoms with E-state index >= 15 is 0 Å². The number of fused-ring (bicyclic) bond motifs is 1. The van der Waals surface area contributed by atoms with E-state index in [1.165, 1.54) is 10.9 Å². The van der Waals surface area contributed by atoms with Crippen molar-refractivity contribution in [3.05, 3.63) is 35.6 Å². The van der Waals surface area contributed by atoms with E-state index in [0.29, 0.717) is 0 Å². The van der Waals surface area contributed by atoms with Crippen molar-refractivity contribution in [3.63, 3.8) is 0 Å². The fraction of sp³-hybridized carbons (Fsp3) is 0.471. The molecule has 0 saturated carbocycles. The second-order valence-corrected chi connectivity index (χ2v) is 5.67. The highest BCUT2D eigenvalue weighted by molar-refractivity contribution is 5.83. The average Bonchev–Trinajstić information content (AvgIpc) is 2.88. The van der Waals surface area contributed by atoms with Crippen LogP contribution in [0.2, 0.25) is 0 Å². The Morgan fingerprint density at radius 1 is 1.43 bits per heavy atom. The van der Waals surface area contributed by atoms with E-state index in [1.54, 1.807) is 0 Å². The van der Waals surface area contributed by atoms with Crippen LogP contribution in [0.1, 0.15) is 44.1 Å². The molecule has 1 amide bonds. The van der Waals surface area contributed by atoms with Crippen LogP contribution in [0.3, 0.4) is 0 Å². The number of aryl methyl sites for hydroxylation is 1. The number of rotatable bonds is 4. The maximum absolute atomic E-state index is 11.9. The number of furan rings is 1. The Hall–Kier alpha value is -1.81. The lowest BCUT2D eigenvalue weighted by Gasteiger charge is -2.25. The smallest absolute Gasteiger partial charge is 0.237 e. The number of hydrogen-bond donors (Lipinski definition) is 2. The quantitative estimate of drug-likeness (QED) is 0.908. The van der Waals surface area contributed by atoms with Gasteiger partial charge < -0.3 is 9.73 Å². The Kier molecular flexibility index (Phi) is 3.97. The molecule has 1 saturated heterocycles. The van der Waals surface area contributed by atoms with Gasteiger partial charge in [0.05, 0.1) is 12.1 Å². The highest BCUT2D eigenvalue weighted by atomic mass is 16.3. The monoisotopic (exact) mass is 286 g/mol. The predicted octanol–water partition coefficient (Wildman–Crippen LogP) is 2.92.